The Morgan fingerprint density at radius 3 is 1.48 bits per heavy atom. The van der Waals surface area contributed by atoms with Crippen molar-refractivity contribution in [3.8, 4) is 0 Å². The molecule has 386 valence electrons. The Bertz CT molecular complexity index is 1200. The van der Waals surface area contributed by atoms with Gasteiger partial charge in [-0.15, -0.1) is 0 Å². The molecule has 2 amide bonds. The van der Waals surface area contributed by atoms with Crippen LogP contribution in [-0.4, -0.2) is 86.0 Å². The summed E-state index contributed by atoms with van der Waals surface area (Å²) in [6.45, 7) is 8.95. The molecule has 0 aromatic heterocycles. The summed E-state index contributed by atoms with van der Waals surface area (Å²) >= 11 is 0. The molecule has 1 unspecified atom stereocenters. The predicted molar refractivity (Wildman–Crippen MR) is 278 cm³/mol. The van der Waals surface area contributed by atoms with Crippen molar-refractivity contribution in [2.75, 3.05) is 46.9 Å². The van der Waals surface area contributed by atoms with Crippen molar-refractivity contribution in [3.05, 3.63) is 12.2 Å². The van der Waals surface area contributed by atoms with Crippen LogP contribution >= 0.6 is 0 Å². The van der Waals surface area contributed by atoms with Gasteiger partial charge < -0.3 is 24.6 Å². The van der Waals surface area contributed by atoms with Crippen molar-refractivity contribution in [2.24, 2.45) is 5.92 Å². The fourth-order valence-corrected chi connectivity index (χ4v) is 9.36. The van der Waals surface area contributed by atoms with E-state index in [1.807, 2.05) is 19.0 Å². The quantitative estimate of drug-likeness (QED) is 0.0368. The highest BCUT2D eigenvalue weighted by Crippen LogP contribution is 2.39. The maximum Gasteiger partial charge on any atom is 0.305 e. The van der Waals surface area contributed by atoms with Gasteiger partial charge in [0.1, 0.15) is 12.1 Å². The monoisotopic (exact) mass is 930 g/mol. The average Bonchev–Trinajstić information content (AvgIpc) is 3.28. The Balaban J connectivity index is 2.61. The molecule has 0 aromatic rings. The summed E-state index contributed by atoms with van der Waals surface area (Å²) in [5, 5.41) is 3.19. The molecule has 1 aliphatic rings. The summed E-state index contributed by atoms with van der Waals surface area (Å²) in [5.41, 5.74) is -0.907. The number of nitrogens with zero attached hydrogens (tertiary/aromatic N) is 2. The number of carbonyl (C=O) groups excluding carboxylic acids is 4. The van der Waals surface area contributed by atoms with Crippen LogP contribution in [0.4, 0.5) is 0 Å². The van der Waals surface area contributed by atoms with Crippen LogP contribution in [-0.2, 0) is 28.7 Å². The van der Waals surface area contributed by atoms with E-state index in [1.54, 1.807) is 4.90 Å². The number of carbonyl (C=O) groups is 4. The second-order valence-electron chi connectivity index (χ2n) is 20.3. The third kappa shape index (κ3) is 33.1. The lowest BCUT2D eigenvalue weighted by Gasteiger charge is -2.48. The van der Waals surface area contributed by atoms with Crippen LogP contribution in [0.1, 0.15) is 271 Å². The molecule has 1 N–H and O–H groups in total. The van der Waals surface area contributed by atoms with Crippen molar-refractivity contribution < 1.29 is 28.7 Å². The number of nitrogens with one attached hydrogen (secondary N) is 1. The maximum absolute atomic E-state index is 14.0. The van der Waals surface area contributed by atoms with Crippen LogP contribution in [0, 0.1) is 5.92 Å². The summed E-state index contributed by atoms with van der Waals surface area (Å²) < 4.78 is 11.5. The molecule has 0 spiro atoms. The first-order chi connectivity index (χ1) is 32.2. The van der Waals surface area contributed by atoms with Crippen molar-refractivity contribution in [3.63, 3.8) is 0 Å². The summed E-state index contributed by atoms with van der Waals surface area (Å²) in [6, 6.07) is 0. The molecule has 0 aliphatic heterocycles. The van der Waals surface area contributed by atoms with Crippen molar-refractivity contribution in [1.29, 1.82) is 0 Å². The highest BCUT2D eigenvalue weighted by atomic mass is 16.5. The van der Waals surface area contributed by atoms with Crippen molar-refractivity contribution in [2.45, 2.75) is 277 Å². The first-order valence-corrected chi connectivity index (χ1v) is 28.4. The molecule has 1 fully saturated rings. The fourth-order valence-electron chi connectivity index (χ4n) is 9.36. The summed E-state index contributed by atoms with van der Waals surface area (Å²) in [4.78, 5) is 57.1. The van der Waals surface area contributed by atoms with Crippen LogP contribution in [0.2, 0.25) is 0 Å². The lowest BCUT2D eigenvalue weighted by atomic mass is 9.74. The molecular weight excluding hydrogens is 823 g/mol. The molecule has 66 heavy (non-hydrogen) atoms. The molecule has 0 heterocycles. The molecule has 1 aliphatic carbocycles. The molecule has 0 radical (unpaired) electrons. The molecule has 0 aromatic carbocycles. The van der Waals surface area contributed by atoms with E-state index in [2.05, 4.69) is 38.2 Å². The van der Waals surface area contributed by atoms with Crippen LogP contribution in [0.3, 0.4) is 0 Å². The predicted octanol–water partition coefficient (Wildman–Crippen LogP) is 14.8. The van der Waals surface area contributed by atoms with E-state index in [9.17, 15) is 19.2 Å². The van der Waals surface area contributed by atoms with Crippen LogP contribution in [0.5, 0.6) is 0 Å². The number of allylic oxidation sites excluding steroid dienone is 2. The smallest absolute Gasteiger partial charge is 0.305 e. The van der Waals surface area contributed by atoms with E-state index < -0.39 is 5.54 Å². The zero-order valence-corrected chi connectivity index (χ0v) is 44.2. The van der Waals surface area contributed by atoms with Crippen molar-refractivity contribution >= 4 is 23.8 Å². The van der Waals surface area contributed by atoms with Crippen LogP contribution in [0.25, 0.3) is 0 Å². The SMILES string of the molecule is CCCCCCCC/C=C\CCCCCCCCNC(=O)C1(N(CCOC(=O)CCCN(C)C)C(=O)CCCCC(=O)OCC(CCCCCCCC)CCCCCCCCCC)CCC1. The average molecular weight is 930 g/mol. The maximum atomic E-state index is 14.0. The highest BCUT2D eigenvalue weighted by Gasteiger charge is 2.50. The molecule has 0 bridgehead atoms. The molecule has 0 saturated heterocycles. The molecule has 1 saturated carbocycles. The minimum absolute atomic E-state index is 0.0711. The molecular formula is C57H107N3O6. The highest BCUT2D eigenvalue weighted by molar-refractivity contribution is 5.92. The van der Waals surface area contributed by atoms with Gasteiger partial charge in [-0.25, -0.2) is 0 Å². The number of esters is 2. The van der Waals surface area contributed by atoms with Gasteiger partial charge in [-0.3, -0.25) is 19.2 Å². The normalized spacial score (nSPS) is 13.8. The Kier molecular flexibility index (Phi) is 40.9. The Morgan fingerprint density at radius 1 is 0.530 bits per heavy atom. The van der Waals surface area contributed by atoms with Gasteiger partial charge in [0.25, 0.3) is 0 Å². The van der Waals surface area contributed by atoms with E-state index in [-0.39, 0.29) is 43.3 Å². The van der Waals surface area contributed by atoms with Gasteiger partial charge >= 0.3 is 11.9 Å². The standard InChI is InChI=1S/C57H107N3O6/c1-6-9-12-15-18-20-21-22-23-24-25-26-27-29-32-37-47-58-56(64)57(45-39-46-57)60(49-50-65-54(62)44-38-48-59(4)5)53(61)42-35-36-43-55(63)66-51-52(40-33-30-17-14-11-8-3)41-34-31-28-19-16-13-10-7-2/h22-23,52H,6-21,24-51H2,1-5H3,(H,58,64)/b23-22-. The Labute approximate surface area is 407 Å². The number of amides is 2. The van der Waals surface area contributed by atoms with Gasteiger partial charge in [-0.05, 0) is 110 Å². The van der Waals surface area contributed by atoms with E-state index in [4.69, 9.17) is 9.47 Å². The first kappa shape index (κ1) is 61.6. The van der Waals surface area contributed by atoms with Gasteiger partial charge in [-0.1, -0.05) is 181 Å². The van der Waals surface area contributed by atoms with Crippen LogP contribution in [0.15, 0.2) is 12.2 Å². The molecule has 9 heteroatoms. The van der Waals surface area contributed by atoms with Crippen LogP contribution < -0.4 is 5.32 Å². The Morgan fingerprint density at radius 2 is 0.985 bits per heavy atom. The van der Waals surface area contributed by atoms with E-state index in [1.165, 1.54) is 167 Å². The third-order valence-corrected chi connectivity index (χ3v) is 13.9. The molecule has 9 nitrogen and oxygen atoms in total. The van der Waals surface area contributed by atoms with Crippen molar-refractivity contribution in [1.82, 2.24) is 15.1 Å². The van der Waals surface area contributed by atoms with E-state index in [0.717, 1.165) is 38.6 Å². The minimum atomic E-state index is -0.907. The van der Waals surface area contributed by atoms with Gasteiger partial charge in [0.15, 0.2) is 0 Å². The van der Waals surface area contributed by atoms with Gasteiger partial charge in [0, 0.05) is 25.8 Å². The van der Waals surface area contributed by atoms with Gasteiger partial charge in [0.2, 0.25) is 11.8 Å². The third-order valence-electron chi connectivity index (χ3n) is 13.9. The molecule has 1 atom stereocenters. The summed E-state index contributed by atoms with van der Waals surface area (Å²) in [7, 11) is 3.96. The topological polar surface area (TPSA) is 105 Å². The van der Waals surface area contributed by atoms with E-state index in [0.29, 0.717) is 64.0 Å². The number of hydrogen-bond acceptors (Lipinski definition) is 7. The number of ether oxygens (including phenoxy) is 2. The van der Waals surface area contributed by atoms with Gasteiger partial charge in [-0.2, -0.15) is 0 Å². The second kappa shape index (κ2) is 43.8. The lowest BCUT2D eigenvalue weighted by molar-refractivity contribution is -0.157. The largest absolute Gasteiger partial charge is 0.465 e. The van der Waals surface area contributed by atoms with Gasteiger partial charge in [0.05, 0.1) is 13.2 Å². The number of rotatable bonds is 48. The Hall–Kier alpha value is -2.42. The first-order valence-electron chi connectivity index (χ1n) is 28.4. The minimum Gasteiger partial charge on any atom is -0.465 e. The zero-order chi connectivity index (χ0) is 48.2. The van der Waals surface area contributed by atoms with E-state index >= 15 is 0 Å². The summed E-state index contributed by atoms with van der Waals surface area (Å²) in [5.74, 6) is -0.224. The fraction of sp³-hybridized carbons (Fsp3) is 0.895. The molecule has 1 rings (SSSR count). The summed E-state index contributed by atoms with van der Waals surface area (Å²) in [6.07, 6.45) is 47.2. The second-order valence-corrected chi connectivity index (χ2v) is 20.3. The number of hydrogen-bond donors (Lipinski definition) is 1. The zero-order valence-electron chi connectivity index (χ0n) is 44.2. The lowest BCUT2D eigenvalue weighted by Crippen LogP contribution is -2.65. The number of unbranched alkanes of at least 4 members (excludes halogenated alkanes) is 25.